The van der Waals surface area contributed by atoms with Crippen molar-refractivity contribution in [1.82, 2.24) is 19.7 Å². The Hall–Kier alpha value is -3.12. The molecule has 0 aliphatic heterocycles. The number of nitrogens with zero attached hydrogens (tertiary/aromatic N) is 4. The molecule has 0 radical (unpaired) electrons. The van der Waals surface area contributed by atoms with E-state index >= 15 is 0 Å². The summed E-state index contributed by atoms with van der Waals surface area (Å²) in [6.07, 6.45) is 4.57. The van der Waals surface area contributed by atoms with E-state index in [2.05, 4.69) is 63.1 Å². The predicted molar refractivity (Wildman–Crippen MR) is 121 cm³/mol. The third-order valence-electron chi connectivity index (χ3n) is 4.73. The lowest BCUT2D eigenvalue weighted by molar-refractivity contribution is 0.343. The van der Waals surface area contributed by atoms with Gasteiger partial charge in [0.05, 0.1) is 13.2 Å². The maximum atomic E-state index is 5.93. The molecule has 0 N–H and O–H groups in total. The molecule has 5 nitrogen and oxygen atoms in total. The largest absolute Gasteiger partial charge is 0.493 e. The number of hydrogen-bond acceptors (Lipinski definition) is 5. The number of rotatable bonds is 9. The van der Waals surface area contributed by atoms with Crippen LogP contribution in [0.3, 0.4) is 0 Å². The van der Waals surface area contributed by atoms with Crippen LogP contribution in [0.1, 0.15) is 18.1 Å². The van der Waals surface area contributed by atoms with E-state index in [9.17, 15) is 0 Å². The van der Waals surface area contributed by atoms with Crippen LogP contribution < -0.4 is 4.74 Å². The smallest absolute Gasteiger partial charge is 0.191 e. The van der Waals surface area contributed by atoms with Crippen LogP contribution in [0.2, 0.25) is 0 Å². The van der Waals surface area contributed by atoms with Crippen molar-refractivity contribution in [3.05, 3.63) is 90.3 Å². The van der Waals surface area contributed by atoms with Gasteiger partial charge in [0.25, 0.3) is 0 Å². The van der Waals surface area contributed by atoms with Crippen molar-refractivity contribution in [3.8, 4) is 17.1 Å². The van der Waals surface area contributed by atoms with E-state index in [4.69, 9.17) is 4.74 Å². The molecule has 0 spiro atoms. The molecule has 0 atom stereocenters. The Morgan fingerprint density at radius 1 is 0.900 bits per heavy atom. The van der Waals surface area contributed by atoms with Crippen LogP contribution in [0.25, 0.3) is 11.4 Å². The second-order valence-corrected chi connectivity index (χ2v) is 7.87. The third kappa shape index (κ3) is 5.07. The van der Waals surface area contributed by atoms with Gasteiger partial charge in [-0.3, -0.25) is 9.55 Å². The molecule has 2 aromatic carbocycles. The molecule has 0 aliphatic carbocycles. The lowest BCUT2D eigenvalue weighted by atomic mass is 10.2. The minimum Gasteiger partial charge on any atom is -0.493 e. The Balaban J connectivity index is 1.47. The maximum absolute atomic E-state index is 5.93. The molecule has 0 amide bonds. The summed E-state index contributed by atoms with van der Waals surface area (Å²) in [4.78, 5) is 4.11. The molecule has 2 aromatic heterocycles. The van der Waals surface area contributed by atoms with Gasteiger partial charge in [0.1, 0.15) is 5.75 Å². The molecule has 4 aromatic rings. The molecule has 0 saturated carbocycles. The second kappa shape index (κ2) is 10.1. The average molecular weight is 417 g/mol. The standard InChI is InChI=1S/C24H24N4OS/c1-2-19-9-6-10-22(17-19)29-15-16-30-24-27-26-23(21-11-13-25-14-12-21)28(24)18-20-7-4-3-5-8-20/h3-14,17H,2,15-16,18H2,1H3. The highest BCUT2D eigenvalue weighted by Gasteiger charge is 2.15. The van der Waals surface area contributed by atoms with Crippen molar-refractivity contribution in [1.29, 1.82) is 0 Å². The Morgan fingerprint density at radius 2 is 1.70 bits per heavy atom. The van der Waals surface area contributed by atoms with Crippen LogP contribution in [0, 0.1) is 0 Å². The minimum absolute atomic E-state index is 0.612. The fourth-order valence-electron chi connectivity index (χ4n) is 3.17. The quantitative estimate of drug-likeness (QED) is 0.280. The first-order chi connectivity index (χ1) is 14.8. The van der Waals surface area contributed by atoms with Crippen LogP contribution in [-0.4, -0.2) is 32.1 Å². The maximum Gasteiger partial charge on any atom is 0.191 e. The summed E-state index contributed by atoms with van der Waals surface area (Å²) >= 11 is 1.66. The molecule has 0 unspecified atom stereocenters. The lowest BCUT2D eigenvalue weighted by Gasteiger charge is -2.11. The van der Waals surface area contributed by atoms with Crippen LogP contribution >= 0.6 is 11.8 Å². The van der Waals surface area contributed by atoms with Gasteiger partial charge >= 0.3 is 0 Å². The van der Waals surface area contributed by atoms with E-state index in [0.717, 1.165) is 34.5 Å². The van der Waals surface area contributed by atoms with E-state index in [1.807, 2.05) is 30.3 Å². The highest BCUT2D eigenvalue weighted by atomic mass is 32.2. The summed E-state index contributed by atoms with van der Waals surface area (Å²) in [5, 5.41) is 9.81. The van der Waals surface area contributed by atoms with Gasteiger partial charge in [-0.25, -0.2) is 0 Å². The highest BCUT2D eigenvalue weighted by molar-refractivity contribution is 7.99. The fourth-order valence-corrected chi connectivity index (χ4v) is 3.92. The van der Waals surface area contributed by atoms with Crippen molar-refractivity contribution in [2.45, 2.75) is 25.0 Å². The van der Waals surface area contributed by atoms with Gasteiger partial charge in [-0.1, -0.05) is 61.2 Å². The first-order valence-electron chi connectivity index (χ1n) is 10.1. The van der Waals surface area contributed by atoms with Gasteiger partial charge in [0.15, 0.2) is 11.0 Å². The number of hydrogen-bond donors (Lipinski definition) is 0. The van der Waals surface area contributed by atoms with Crippen molar-refractivity contribution in [3.63, 3.8) is 0 Å². The second-order valence-electron chi connectivity index (χ2n) is 6.81. The first-order valence-corrected chi connectivity index (χ1v) is 11.0. The molecule has 2 heterocycles. The molecular weight excluding hydrogens is 392 g/mol. The Labute approximate surface area is 181 Å². The van der Waals surface area contributed by atoms with Crippen molar-refractivity contribution < 1.29 is 4.74 Å². The summed E-state index contributed by atoms with van der Waals surface area (Å²) in [5.74, 6) is 2.55. The topological polar surface area (TPSA) is 52.8 Å². The number of aryl methyl sites for hydroxylation is 1. The van der Waals surface area contributed by atoms with E-state index in [-0.39, 0.29) is 0 Å². The van der Waals surface area contributed by atoms with Crippen LogP contribution in [-0.2, 0) is 13.0 Å². The molecule has 4 rings (SSSR count). The number of aromatic nitrogens is 4. The third-order valence-corrected chi connectivity index (χ3v) is 5.66. The number of ether oxygens (including phenoxy) is 1. The zero-order valence-corrected chi connectivity index (χ0v) is 17.8. The molecule has 30 heavy (non-hydrogen) atoms. The summed E-state index contributed by atoms with van der Waals surface area (Å²) in [5.41, 5.74) is 3.50. The first kappa shape index (κ1) is 20.2. The summed E-state index contributed by atoms with van der Waals surface area (Å²) in [6, 6.07) is 22.6. The monoisotopic (exact) mass is 416 g/mol. The van der Waals surface area contributed by atoms with Gasteiger partial charge in [-0.2, -0.15) is 0 Å². The summed E-state index contributed by atoms with van der Waals surface area (Å²) in [6.45, 7) is 3.47. The lowest BCUT2D eigenvalue weighted by Crippen LogP contribution is -2.06. The summed E-state index contributed by atoms with van der Waals surface area (Å²) in [7, 11) is 0. The van der Waals surface area contributed by atoms with Crippen molar-refractivity contribution in [2.75, 3.05) is 12.4 Å². The van der Waals surface area contributed by atoms with Crippen molar-refractivity contribution >= 4 is 11.8 Å². The normalized spacial score (nSPS) is 10.8. The molecule has 0 fully saturated rings. The molecular formula is C24H24N4OS. The molecule has 0 bridgehead atoms. The van der Waals surface area contributed by atoms with Crippen molar-refractivity contribution in [2.24, 2.45) is 0 Å². The van der Waals surface area contributed by atoms with Gasteiger partial charge in [-0.15, -0.1) is 10.2 Å². The number of pyridine rings is 1. The number of benzene rings is 2. The highest BCUT2D eigenvalue weighted by Crippen LogP contribution is 2.25. The zero-order valence-electron chi connectivity index (χ0n) is 16.9. The SMILES string of the molecule is CCc1cccc(OCCSc2nnc(-c3ccncc3)n2Cc2ccccc2)c1. The van der Waals surface area contributed by atoms with E-state index < -0.39 is 0 Å². The van der Waals surface area contributed by atoms with Gasteiger partial charge in [-0.05, 0) is 41.8 Å². The Morgan fingerprint density at radius 3 is 2.50 bits per heavy atom. The Kier molecular flexibility index (Phi) is 6.77. The van der Waals surface area contributed by atoms with Gasteiger partial charge in [0, 0.05) is 23.7 Å². The van der Waals surface area contributed by atoms with E-state index in [1.165, 1.54) is 11.1 Å². The zero-order chi connectivity index (χ0) is 20.6. The van der Waals surface area contributed by atoms with Crippen LogP contribution in [0.15, 0.2) is 84.3 Å². The number of thioether (sulfide) groups is 1. The minimum atomic E-state index is 0.612. The molecule has 152 valence electrons. The molecule has 6 heteroatoms. The molecule has 0 saturated heterocycles. The van der Waals surface area contributed by atoms with E-state index in [1.54, 1.807) is 24.2 Å². The molecule has 0 aliphatic rings. The fraction of sp³-hybridized carbons (Fsp3) is 0.208. The Bertz CT molecular complexity index is 1070. The van der Waals surface area contributed by atoms with Gasteiger partial charge in [0.2, 0.25) is 0 Å². The van der Waals surface area contributed by atoms with Crippen LogP contribution in [0.5, 0.6) is 5.75 Å². The average Bonchev–Trinajstić information content (AvgIpc) is 3.20. The van der Waals surface area contributed by atoms with Gasteiger partial charge < -0.3 is 4.74 Å². The van der Waals surface area contributed by atoms with Crippen LogP contribution in [0.4, 0.5) is 0 Å². The summed E-state index contributed by atoms with van der Waals surface area (Å²) < 4.78 is 8.09. The van der Waals surface area contributed by atoms with E-state index in [0.29, 0.717) is 13.2 Å². The predicted octanol–water partition coefficient (Wildman–Crippen LogP) is 5.12.